The number of hydrogen-bond donors (Lipinski definition) is 0. The van der Waals surface area contributed by atoms with Crippen LogP contribution in [0, 0.1) is 6.92 Å². The highest BCUT2D eigenvalue weighted by molar-refractivity contribution is 7.89. The molecule has 2 aliphatic rings. The van der Waals surface area contributed by atoms with Crippen LogP contribution in [0.15, 0.2) is 65.8 Å². The number of hydrogen-bond acceptors (Lipinski definition) is 5. The summed E-state index contributed by atoms with van der Waals surface area (Å²) in [7, 11) is -3.56. The molecule has 3 heterocycles. The number of piperidine rings is 1. The average Bonchev–Trinajstić information content (AvgIpc) is 3.37. The highest BCUT2D eigenvalue weighted by Crippen LogP contribution is 2.43. The molecule has 0 N–H and O–H groups in total. The van der Waals surface area contributed by atoms with Gasteiger partial charge in [-0.1, -0.05) is 18.2 Å². The van der Waals surface area contributed by atoms with E-state index in [0.717, 1.165) is 37.0 Å². The minimum absolute atomic E-state index is 0.00681. The molecule has 0 spiro atoms. The van der Waals surface area contributed by atoms with Crippen LogP contribution < -0.4 is 4.74 Å². The maximum atomic E-state index is 13.4. The van der Waals surface area contributed by atoms with Gasteiger partial charge in [-0.3, -0.25) is 0 Å². The fourth-order valence-electron chi connectivity index (χ4n) is 4.70. The number of para-hydroxylation sites is 1. The first kappa shape index (κ1) is 19.3. The third kappa shape index (κ3) is 3.40. The molecule has 8 heteroatoms. The molecule has 2 bridgehead atoms. The molecule has 156 valence electrons. The van der Waals surface area contributed by atoms with E-state index >= 15 is 0 Å². The molecule has 2 unspecified atom stereocenters. The normalized spacial score (nSPS) is 24.1. The monoisotopic (exact) mass is 424 g/mol. The van der Waals surface area contributed by atoms with Crippen molar-refractivity contribution < 1.29 is 13.2 Å². The lowest BCUT2D eigenvalue weighted by Gasteiger charge is -2.37. The second kappa shape index (κ2) is 7.52. The molecule has 1 aromatic heterocycles. The lowest BCUT2D eigenvalue weighted by molar-refractivity contribution is 0.174. The molecular weight excluding hydrogens is 400 g/mol. The third-order valence-electron chi connectivity index (χ3n) is 6.12. The lowest BCUT2D eigenvalue weighted by atomic mass is 10.0. The highest BCUT2D eigenvalue weighted by atomic mass is 32.2. The predicted octanol–water partition coefficient (Wildman–Crippen LogP) is 3.94. The Balaban J connectivity index is 1.35. The van der Waals surface area contributed by atoms with Crippen LogP contribution in [0.1, 0.15) is 37.3 Å². The molecule has 5 rings (SSSR count). The molecule has 0 radical (unpaired) electrons. The van der Waals surface area contributed by atoms with Gasteiger partial charge in [-0.2, -0.15) is 19.3 Å². The summed E-state index contributed by atoms with van der Waals surface area (Å²) in [6, 6.07) is 14.6. The van der Waals surface area contributed by atoms with Crippen LogP contribution in [0.25, 0.3) is 0 Å². The highest BCUT2D eigenvalue weighted by Gasteiger charge is 2.48. The zero-order chi connectivity index (χ0) is 20.7. The Morgan fingerprint density at radius 2 is 1.53 bits per heavy atom. The van der Waals surface area contributed by atoms with Crippen LogP contribution in [-0.4, -0.2) is 39.8 Å². The molecule has 3 aromatic rings. The molecule has 2 fully saturated rings. The van der Waals surface area contributed by atoms with E-state index in [1.165, 1.54) is 0 Å². The SMILES string of the molecule is Cc1ccccc1Oc1ccc(S(=O)(=O)N2C3CCC2CC(n2nccn2)C3)cc1. The van der Waals surface area contributed by atoms with Crippen molar-refractivity contribution >= 4 is 10.0 Å². The molecular formula is C22H24N4O3S. The average molecular weight is 425 g/mol. The Labute approximate surface area is 176 Å². The van der Waals surface area contributed by atoms with Crippen molar-refractivity contribution in [2.45, 2.75) is 55.6 Å². The van der Waals surface area contributed by atoms with Crippen LogP contribution in [0.4, 0.5) is 0 Å². The van der Waals surface area contributed by atoms with Gasteiger partial charge in [-0.15, -0.1) is 0 Å². The van der Waals surface area contributed by atoms with Crippen molar-refractivity contribution in [2.24, 2.45) is 0 Å². The lowest BCUT2D eigenvalue weighted by Crippen LogP contribution is -2.47. The summed E-state index contributed by atoms with van der Waals surface area (Å²) >= 11 is 0. The third-order valence-corrected chi connectivity index (χ3v) is 8.14. The van der Waals surface area contributed by atoms with Gasteiger partial charge in [0, 0.05) is 12.1 Å². The van der Waals surface area contributed by atoms with Crippen molar-refractivity contribution in [3.05, 3.63) is 66.5 Å². The fourth-order valence-corrected chi connectivity index (χ4v) is 6.59. The van der Waals surface area contributed by atoms with Crippen molar-refractivity contribution in [2.75, 3.05) is 0 Å². The number of ether oxygens (including phenoxy) is 1. The molecule has 0 aliphatic carbocycles. The van der Waals surface area contributed by atoms with Gasteiger partial charge in [0.15, 0.2) is 0 Å². The van der Waals surface area contributed by atoms with Crippen LogP contribution in [0.5, 0.6) is 11.5 Å². The number of aryl methyl sites for hydroxylation is 1. The van der Waals surface area contributed by atoms with Gasteiger partial charge in [0.2, 0.25) is 10.0 Å². The maximum Gasteiger partial charge on any atom is 0.243 e. The first-order valence-corrected chi connectivity index (χ1v) is 11.7. The van der Waals surface area contributed by atoms with E-state index in [1.54, 1.807) is 45.8 Å². The summed E-state index contributed by atoms with van der Waals surface area (Å²) in [5.41, 5.74) is 1.03. The molecule has 2 saturated heterocycles. The van der Waals surface area contributed by atoms with E-state index in [-0.39, 0.29) is 18.1 Å². The van der Waals surface area contributed by atoms with Gasteiger partial charge in [-0.25, -0.2) is 8.42 Å². The van der Waals surface area contributed by atoms with Crippen LogP contribution >= 0.6 is 0 Å². The van der Waals surface area contributed by atoms with Gasteiger partial charge >= 0.3 is 0 Å². The van der Waals surface area contributed by atoms with E-state index in [4.69, 9.17) is 4.74 Å². The smallest absolute Gasteiger partial charge is 0.243 e. The second-order valence-electron chi connectivity index (χ2n) is 8.03. The van der Waals surface area contributed by atoms with Crippen LogP contribution in [0.3, 0.4) is 0 Å². The summed E-state index contributed by atoms with van der Waals surface area (Å²) in [6.45, 7) is 1.98. The van der Waals surface area contributed by atoms with Gasteiger partial charge in [-0.05, 0) is 68.5 Å². The zero-order valence-electron chi connectivity index (χ0n) is 16.8. The molecule has 7 nitrogen and oxygen atoms in total. The molecule has 30 heavy (non-hydrogen) atoms. The summed E-state index contributed by atoms with van der Waals surface area (Å²) in [5, 5.41) is 8.51. The van der Waals surface area contributed by atoms with E-state index in [2.05, 4.69) is 10.2 Å². The van der Waals surface area contributed by atoms with Gasteiger partial charge in [0.05, 0.1) is 23.3 Å². The number of nitrogens with zero attached hydrogens (tertiary/aromatic N) is 4. The Bertz CT molecular complexity index is 1120. The van der Waals surface area contributed by atoms with Crippen molar-refractivity contribution in [1.29, 1.82) is 0 Å². The minimum atomic E-state index is -3.56. The first-order valence-electron chi connectivity index (χ1n) is 10.3. The van der Waals surface area contributed by atoms with Crippen LogP contribution in [0.2, 0.25) is 0 Å². The van der Waals surface area contributed by atoms with Crippen LogP contribution in [-0.2, 0) is 10.0 Å². The van der Waals surface area contributed by atoms with E-state index < -0.39 is 10.0 Å². The fraction of sp³-hybridized carbons (Fsp3) is 0.364. The standard InChI is InChI=1S/C22H24N4O3S/c1-16-4-2-3-5-22(16)29-20-8-10-21(11-9-20)30(27,28)25-17-6-7-18(25)15-19(14-17)26-23-12-13-24-26/h2-5,8-13,17-19H,6-7,14-15H2,1H3. The summed E-state index contributed by atoms with van der Waals surface area (Å²) < 4.78 is 34.5. The summed E-state index contributed by atoms with van der Waals surface area (Å²) in [5.74, 6) is 1.38. The van der Waals surface area contributed by atoms with Crippen molar-refractivity contribution in [3.8, 4) is 11.5 Å². The van der Waals surface area contributed by atoms with Gasteiger partial charge in [0.1, 0.15) is 11.5 Å². The number of aromatic nitrogens is 3. The topological polar surface area (TPSA) is 77.3 Å². The first-order chi connectivity index (χ1) is 14.5. The molecule has 0 amide bonds. The summed E-state index contributed by atoms with van der Waals surface area (Å²) in [6.07, 6.45) is 6.61. The zero-order valence-corrected chi connectivity index (χ0v) is 17.6. The molecule has 2 atom stereocenters. The second-order valence-corrected chi connectivity index (χ2v) is 9.88. The molecule has 2 aromatic carbocycles. The number of fused-ring (bicyclic) bond motifs is 2. The van der Waals surface area contributed by atoms with Crippen molar-refractivity contribution in [3.63, 3.8) is 0 Å². The quantitative estimate of drug-likeness (QED) is 0.620. The Hall–Kier alpha value is -2.71. The summed E-state index contributed by atoms with van der Waals surface area (Å²) in [4.78, 5) is 2.04. The van der Waals surface area contributed by atoms with Crippen molar-refractivity contribution in [1.82, 2.24) is 19.3 Å². The number of rotatable bonds is 5. The largest absolute Gasteiger partial charge is 0.457 e. The Morgan fingerprint density at radius 3 is 2.17 bits per heavy atom. The number of benzene rings is 2. The van der Waals surface area contributed by atoms with E-state index in [0.29, 0.717) is 10.6 Å². The minimum Gasteiger partial charge on any atom is -0.457 e. The van der Waals surface area contributed by atoms with Gasteiger partial charge in [0.25, 0.3) is 0 Å². The predicted molar refractivity (Wildman–Crippen MR) is 112 cm³/mol. The maximum absolute atomic E-state index is 13.4. The van der Waals surface area contributed by atoms with E-state index in [1.807, 2.05) is 31.2 Å². The Kier molecular flexibility index (Phi) is 4.83. The number of sulfonamides is 1. The molecule has 0 saturated carbocycles. The Morgan fingerprint density at radius 1 is 0.900 bits per heavy atom. The van der Waals surface area contributed by atoms with Gasteiger partial charge < -0.3 is 4.74 Å². The van der Waals surface area contributed by atoms with E-state index in [9.17, 15) is 8.42 Å². The molecule has 2 aliphatic heterocycles.